The van der Waals surface area contributed by atoms with E-state index in [1.54, 1.807) is 0 Å². The van der Waals surface area contributed by atoms with Crippen LogP contribution >= 0.6 is 0 Å². The molecule has 0 saturated carbocycles. The minimum absolute atomic E-state index is 0.616. The molecule has 0 amide bonds. The normalized spacial score (nSPS) is 13.2. The molecule has 0 aromatic rings. The summed E-state index contributed by atoms with van der Waals surface area (Å²) in [4.78, 5) is 2.28. The largest absolute Gasteiger partial charge is 0.303 e. The summed E-state index contributed by atoms with van der Waals surface area (Å²) in [5.41, 5.74) is 0. The fourth-order valence-corrected chi connectivity index (χ4v) is 1.24. The smallest absolute Gasteiger partial charge is 0.0274 e. The van der Waals surface area contributed by atoms with E-state index in [-0.39, 0.29) is 0 Å². The van der Waals surface area contributed by atoms with Gasteiger partial charge in [-0.3, -0.25) is 0 Å². The van der Waals surface area contributed by atoms with Crippen LogP contribution in [0.25, 0.3) is 0 Å². The Morgan fingerprint density at radius 3 is 1.93 bits per heavy atom. The quantitative estimate of drug-likeness (QED) is 0.606. The van der Waals surface area contributed by atoms with Gasteiger partial charge in [0.05, 0.1) is 0 Å². The Hall–Kier alpha value is -0.300. The predicted molar refractivity (Wildman–Crippen MR) is 67.7 cm³/mol. The summed E-state index contributed by atoms with van der Waals surface area (Å²) < 4.78 is 0. The van der Waals surface area contributed by atoms with Crippen molar-refractivity contribution in [3.63, 3.8) is 0 Å². The van der Waals surface area contributed by atoms with E-state index in [4.69, 9.17) is 0 Å². The van der Waals surface area contributed by atoms with E-state index in [1.165, 1.54) is 6.42 Å². The Kier molecular flexibility index (Phi) is 12.4. The molecule has 0 saturated heterocycles. The zero-order valence-electron chi connectivity index (χ0n) is 11.2. The third kappa shape index (κ3) is 9.79. The molecule has 0 bridgehead atoms. The van der Waals surface area contributed by atoms with Crippen LogP contribution in [0, 0.1) is 5.92 Å². The number of allylic oxidation sites excluding steroid dienone is 1. The van der Waals surface area contributed by atoms with Crippen molar-refractivity contribution >= 4 is 0 Å². The zero-order valence-corrected chi connectivity index (χ0v) is 11.2. The second-order valence-electron chi connectivity index (χ2n) is 4.00. The molecular weight excluding hydrogens is 170 g/mol. The molecular formula is C13H29N. The maximum absolute atomic E-state index is 2.32. The molecule has 86 valence electrons. The van der Waals surface area contributed by atoms with Gasteiger partial charge in [0.25, 0.3) is 0 Å². The topological polar surface area (TPSA) is 3.24 Å². The van der Waals surface area contributed by atoms with E-state index < -0.39 is 0 Å². The number of nitrogens with zero attached hydrogens (tertiary/aromatic N) is 1. The molecule has 0 rings (SSSR count). The summed E-state index contributed by atoms with van der Waals surface area (Å²) in [6.07, 6.45) is 6.97. The van der Waals surface area contributed by atoms with Crippen LogP contribution in [-0.4, -0.2) is 25.0 Å². The number of rotatable bonds is 5. The lowest BCUT2D eigenvalue weighted by Gasteiger charge is -2.22. The highest BCUT2D eigenvalue weighted by molar-refractivity contribution is 4.92. The first-order valence-electron chi connectivity index (χ1n) is 5.91. The second-order valence-corrected chi connectivity index (χ2v) is 4.00. The molecule has 0 spiro atoms. The molecule has 0 aromatic carbocycles. The van der Waals surface area contributed by atoms with Gasteiger partial charge >= 0.3 is 0 Å². The van der Waals surface area contributed by atoms with Gasteiger partial charge in [-0.05, 0) is 32.9 Å². The summed E-state index contributed by atoms with van der Waals surface area (Å²) in [5, 5.41) is 0. The zero-order chi connectivity index (χ0) is 11.6. The Morgan fingerprint density at radius 1 is 1.14 bits per heavy atom. The van der Waals surface area contributed by atoms with Crippen LogP contribution in [0.5, 0.6) is 0 Å². The fraction of sp³-hybridized carbons (Fsp3) is 0.846. The second kappa shape index (κ2) is 10.8. The van der Waals surface area contributed by atoms with Gasteiger partial charge < -0.3 is 4.90 Å². The first-order chi connectivity index (χ1) is 6.57. The molecule has 1 heteroatoms. The molecule has 0 radical (unpaired) electrons. The van der Waals surface area contributed by atoms with E-state index in [0.717, 1.165) is 12.3 Å². The lowest BCUT2D eigenvalue weighted by Crippen LogP contribution is -2.27. The molecule has 0 heterocycles. The Balaban J connectivity index is 0. The highest BCUT2D eigenvalue weighted by atomic mass is 15.1. The Labute approximate surface area is 91.2 Å². The third-order valence-corrected chi connectivity index (χ3v) is 1.97. The summed E-state index contributed by atoms with van der Waals surface area (Å²) in [6.45, 7) is 10.7. The van der Waals surface area contributed by atoms with Crippen LogP contribution in [0.15, 0.2) is 12.2 Å². The van der Waals surface area contributed by atoms with Crippen LogP contribution in [0.1, 0.15) is 47.5 Å². The van der Waals surface area contributed by atoms with Crippen molar-refractivity contribution in [1.29, 1.82) is 0 Å². The van der Waals surface area contributed by atoms with Crippen molar-refractivity contribution < 1.29 is 0 Å². The average Bonchev–Trinajstić information content (AvgIpc) is 2.14. The van der Waals surface area contributed by atoms with Crippen molar-refractivity contribution in [2.45, 2.75) is 53.5 Å². The number of hydrogen-bond acceptors (Lipinski definition) is 1. The van der Waals surface area contributed by atoms with Gasteiger partial charge in [0.1, 0.15) is 0 Å². The first-order valence-corrected chi connectivity index (χ1v) is 5.91. The average molecular weight is 199 g/mol. The summed E-state index contributed by atoms with van der Waals surface area (Å²) in [7, 11) is 4.29. The first kappa shape index (κ1) is 16.1. The molecule has 1 atom stereocenters. The maximum atomic E-state index is 2.32. The molecule has 0 fully saturated rings. The molecule has 1 nitrogen and oxygen atoms in total. The van der Waals surface area contributed by atoms with E-state index in [9.17, 15) is 0 Å². The van der Waals surface area contributed by atoms with E-state index in [2.05, 4.69) is 51.9 Å². The molecule has 14 heavy (non-hydrogen) atoms. The molecule has 0 aliphatic heterocycles. The van der Waals surface area contributed by atoms with Gasteiger partial charge in [-0.25, -0.2) is 0 Å². The van der Waals surface area contributed by atoms with Crippen LogP contribution in [0.3, 0.4) is 0 Å². The lowest BCUT2D eigenvalue weighted by atomic mass is 10.0. The third-order valence-electron chi connectivity index (χ3n) is 1.97. The standard InChI is InChI=1S/C11H23N.C2H6/c1-6-7-8-11(12(4)5)9-10(2)3;1-2/h7-8,10-11H,6,9H2,1-5H3;1-2H3/b8-7-;. The van der Waals surface area contributed by atoms with Crippen molar-refractivity contribution in [2.24, 2.45) is 5.92 Å². The number of likely N-dealkylation sites (N-methyl/N-ethyl adjacent to an activating group) is 1. The maximum Gasteiger partial charge on any atom is 0.0274 e. The van der Waals surface area contributed by atoms with E-state index in [0.29, 0.717) is 6.04 Å². The SMILES string of the molecule is CC.CC/C=C\C(CC(C)C)N(C)C. The van der Waals surface area contributed by atoms with Crippen molar-refractivity contribution in [3.05, 3.63) is 12.2 Å². The van der Waals surface area contributed by atoms with E-state index >= 15 is 0 Å². The van der Waals surface area contributed by atoms with Gasteiger partial charge in [0.15, 0.2) is 0 Å². The van der Waals surface area contributed by atoms with Gasteiger partial charge in [0.2, 0.25) is 0 Å². The molecule has 1 unspecified atom stereocenters. The van der Waals surface area contributed by atoms with Gasteiger partial charge in [-0.1, -0.05) is 46.8 Å². The Morgan fingerprint density at radius 2 is 1.64 bits per heavy atom. The van der Waals surface area contributed by atoms with Gasteiger partial charge in [-0.2, -0.15) is 0 Å². The van der Waals surface area contributed by atoms with Crippen LogP contribution in [0.4, 0.5) is 0 Å². The minimum atomic E-state index is 0.616. The predicted octanol–water partition coefficient (Wildman–Crippen LogP) is 3.96. The lowest BCUT2D eigenvalue weighted by molar-refractivity contribution is 0.300. The van der Waals surface area contributed by atoms with Crippen LogP contribution in [-0.2, 0) is 0 Å². The monoisotopic (exact) mass is 199 g/mol. The van der Waals surface area contributed by atoms with Gasteiger partial charge in [0, 0.05) is 6.04 Å². The number of hydrogen-bond donors (Lipinski definition) is 0. The van der Waals surface area contributed by atoms with Crippen molar-refractivity contribution in [1.82, 2.24) is 4.90 Å². The van der Waals surface area contributed by atoms with Crippen molar-refractivity contribution in [2.75, 3.05) is 14.1 Å². The summed E-state index contributed by atoms with van der Waals surface area (Å²) in [6, 6.07) is 0.616. The van der Waals surface area contributed by atoms with E-state index in [1.807, 2.05) is 13.8 Å². The molecule has 0 aliphatic rings. The van der Waals surface area contributed by atoms with Gasteiger partial charge in [-0.15, -0.1) is 0 Å². The minimum Gasteiger partial charge on any atom is -0.303 e. The summed E-state index contributed by atoms with van der Waals surface area (Å²) >= 11 is 0. The highest BCUT2D eigenvalue weighted by Gasteiger charge is 2.08. The summed E-state index contributed by atoms with van der Waals surface area (Å²) in [5.74, 6) is 0.777. The molecule has 0 N–H and O–H groups in total. The highest BCUT2D eigenvalue weighted by Crippen LogP contribution is 2.10. The van der Waals surface area contributed by atoms with Crippen molar-refractivity contribution in [3.8, 4) is 0 Å². The molecule has 0 aliphatic carbocycles. The fourth-order valence-electron chi connectivity index (χ4n) is 1.24. The Bertz CT molecular complexity index is 125. The molecule has 0 aromatic heterocycles. The van der Waals surface area contributed by atoms with Crippen LogP contribution in [0.2, 0.25) is 0 Å². The van der Waals surface area contributed by atoms with Crippen LogP contribution < -0.4 is 0 Å².